The molecule has 0 fully saturated rings. The summed E-state index contributed by atoms with van der Waals surface area (Å²) in [6.07, 6.45) is -0.0777. The second-order valence-corrected chi connectivity index (χ2v) is 8.11. The van der Waals surface area contributed by atoms with Gasteiger partial charge in [-0.3, -0.25) is 0 Å². The summed E-state index contributed by atoms with van der Waals surface area (Å²) in [5.41, 5.74) is 5.27. The molecule has 0 amide bonds. The fourth-order valence-corrected chi connectivity index (χ4v) is 2.62. The number of rotatable bonds is 29. The highest BCUT2D eigenvalue weighted by molar-refractivity contribution is 5.49. The van der Waals surface area contributed by atoms with E-state index in [1.165, 1.54) is 6.42 Å². The Bertz CT molecular complexity index is 440. The minimum absolute atomic E-state index is 0.0193. The van der Waals surface area contributed by atoms with E-state index in [2.05, 4.69) is 12.2 Å². The van der Waals surface area contributed by atoms with Crippen molar-refractivity contribution in [2.24, 2.45) is 5.73 Å². The van der Waals surface area contributed by atoms with Gasteiger partial charge in [-0.05, 0) is 12.8 Å². The molecule has 0 bridgehead atoms. The zero-order valence-electron chi connectivity index (χ0n) is 23.2. The van der Waals surface area contributed by atoms with Crippen LogP contribution in [0.25, 0.3) is 0 Å². The number of nitrogens with two attached hydrogens (primary N) is 1. The van der Waals surface area contributed by atoms with Crippen LogP contribution in [-0.2, 0) is 33.2 Å². The van der Waals surface area contributed by atoms with Crippen molar-refractivity contribution >= 4 is 6.29 Å². The highest BCUT2D eigenvalue weighted by Gasteiger charge is 2.23. The monoisotopic (exact) mass is 558 g/mol. The maximum atomic E-state index is 10.0. The summed E-state index contributed by atoms with van der Waals surface area (Å²) in [4.78, 5) is 10.0. The molecule has 3 atom stereocenters. The number of ether oxygens (including phenoxy) is 6. The van der Waals surface area contributed by atoms with E-state index in [1.807, 2.05) is 0 Å². The molecular weight excluding hydrogens is 504 g/mol. The number of aliphatic hydroxyl groups is 4. The fourth-order valence-electron chi connectivity index (χ4n) is 2.62. The highest BCUT2D eigenvalue weighted by atomic mass is 16.6. The Morgan fingerprint density at radius 1 is 0.737 bits per heavy atom. The van der Waals surface area contributed by atoms with E-state index in [9.17, 15) is 20.1 Å². The molecule has 0 saturated carbocycles. The van der Waals surface area contributed by atoms with Crippen LogP contribution in [0.5, 0.6) is 0 Å². The summed E-state index contributed by atoms with van der Waals surface area (Å²) in [6.45, 7) is 9.81. The normalized spacial score (nSPS) is 13.5. The number of hydrogen-bond donors (Lipinski definition) is 6. The maximum Gasteiger partial charge on any atom is 0.122 e. The van der Waals surface area contributed by atoms with Crippen molar-refractivity contribution in [1.29, 1.82) is 0 Å². The summed E-state index contributed by atoms with van der Waals surface area (Å²) < 4.78 is 31.5. The van der Waals surface area contributed by atoms with Crippen molar-refractivity contribution < 1.29 is 53.6 Å². The van der Waals surface area contributed by atoms with Crippen LogP contribution < -0.4 is 11.1 Å². The molecule has 13 nitrogen and oxygen atoms in total. The van der Waals surface area contributed by atoms with Crippen molar-refractivity contribution in [3.63, 3.8) is 0 Å². The fraction of sp³-hybridized carbons (Fsp3) is 0.960. The Morgan fingerprint density at radius 3 is 1.74 bits per heavy atom. The van der Waals surface area contributed by atoms with Gasteiger partial charge >= 0.3 is 0 Å². The summed E-state index contributed by atoms with van der Waals surface area (Å²) in [5, 5.41) is 40.0. The average molecular weight is 559 g/mol. The highest BCUT2D eigenvalue weighted by Crippen LogP contribution is 2.03. The average Bonchev–Trinajstić information content (AvgIpc) is 2.92. The molecular formula is C25H54N2O11. The molecule has 7 N–H and O–H groups in total. The van der Waals surface area contributed by atoms with Gasteiger partial charge in [0.25, 0.3) is 0 Å². The van der Waals surface area contributed by atoms with E-state index in [-0.39, 0.29) is 19.6 Å². The molecule has 3 unspecified atom stereocenters. The van der Waals surface area contributed by atoms with Gasteiger partial charge in [-0.2, -0.15) is 0 Å². The lowest BCUT2D eigenvalue weighted by Crippen LogP contribution is -2.44. The molecule has 0 spiro atoms. The smallest absolute Gasteiger partial charge is 0.122 e. The van der Waals surface area contributed by atoms with Gasteiger partial charge in [0, 0.05) is 39.3 Å². The molecule has 0 aromatic carbocycles. The number of carbonyl (C=O) groups is 1. The van der Waals surface area contributed by atoms with Crippen LogP contribution in [0.3, 0.4) is 0 Å². The van der Waals surface area contributed by atoms with Crippen molar-refractivity contribution in [3.8, 4) is 0 Å². The van der Waals surface area contributed by atoms with Gasteiger partial charge in [-0.25, -0.2) is 0 Å². The Balaban J connectivity index is 0. The van der Waals surface area contributed by atoms with Crippen LogP contribution in [-0.4, -0.2) is 151 Å². The molecule has 0 aliphatic heterocycles. The van der Waals surface area contributed by atoms with E-state index < -0.39 is 18.3 Å². The predicted molar refractivity (Wildman–Crippen MR) is 142 cm³/mol. The van der Waals surface area contributed by atoms with Gasteiger partial charge in [0.1, 0.15) is 12.4 Å². The second-order valence-electron chi connectivity index (χ2n) is 8.11. The number of nitrogens with one attached hydrogen (secondary N) is 1. The minimum atomic E-state index is -1.29. The van der Waals surface area contributed by atoms with Gasteiger partial charge in [0.15, 0.2) is 0 Å². The first-order valence-electron chi connectivity index (χ1n) is 13.5. The molecule has 38 heavy (non-hydrogen) atoms. The van der Waals surface area contributed by atoms with Crippen LogP contribution in [0.4, 0.5) is 0 Å². The molecule has 0 heterocycles. The lowest BCUT2D eigenvalue weighted by Gasteiger charge is -2.22. The Hall–Kier alpha value is -0.810. The van der Waals surface area contributed by atoms with Gasteiger partial charge in [-0.15, -0.1) is 0 Å². The van der Waals surface area contributed by atoms with Gasteiger partial charge in [0.05, 0.1) is 84.9 Å². The van der Waals surface area contributed by atoms with Crippen molar-refractivity contribution in [2.45, 2.75) is 50.9 Å². The number of carbonyl (C=O) groups excluding carboxylic acids is 1. The van der Waals surface area contributed by atoms with Crippen molar-refractivity contribution in [3.05, 3.63) is 0 Å². The Labute approximate surface area is 227 Å². The topological polar surface area (TPSA) is 191 Å². The van der Waals surface area contributed by atoms with E-state index in [0.29, 0.717) is 92.2 Å². The first-order chi connectivity index (χ1) is 18.5. The zero-order chi connectivity index (χ0) is 28.5. The number of hydrogen-bond acceptors (Lipinski definition) is 13. The van der Waals surface area contributed by atoms with Gasteiger partial charge in [0.2, 0.25) is 0 Å². The molecule has 0 aliphatic rings. The quantitative estimate of drug-likeness (QED) is 0.0458. The van der Waals surface area contributed by atoms with E-state index in [4.69, 9.17) is 39.3 Å². The molecule has 0 rings (SSSR count). The summed E-state index contributed by atoms with van der Waals surface area (Å²) >= 11 is 0. The summed E-state index contributed by atoms with van der Waals surface area (Å²) in [6, 6.07) is 0. The number of aliphatic hydroxyl groups excluding tert-OH is 4. The lowest BCUT2D eigenvalue weighted by molar-refractivity contribution is -0.108. The van der Waals surface area contributed by atoms with Crippen LogP contribution in [0.15, 0.2) is 0 Å². The molecule has 13 heteroatoms. The molecule has 0 radical (unpaired) electrons. The largest absolute Gasteiger partial charge is 0.396 e. The van der Waals surface area contributed by atoms with E-state index in [1.54, 1.807) is 0 Å². The third-order valence-electron chi connectivity index (χ3n) is 4.76. The third kappa shape index (κ3) is 31.4. The molecule has 0 aromatic rings. The number of unbranched alkanes of at least 4 members (excludes halogenated alkanes) is 1. The van der Waals surface area contributed by atoms with Gasteiger partial charge < -0.3 is 64.7 Å². The maximum absolute atomic E-state index is 10.0. The molecule has 0 saturated heterocycles. The van der Waals surface area contributed by atoms with Crippen LogP contribution in [0, 0.1) is 0 Å². The van der Waals surface area contributed by atoms with E-state index >= 15 is 0 Å². The van der Waals surface area contributed by atoms with Crippen LogP contribution in [0.2, 0.25) is 0 Å². The lowest BCUT2D eigenvalue weighted by atomic mass is 10.1. The standard InChI is InChI=1S/C13H27NO7.C12H27NO4/c15-4-1-6-20-8-9-21-7-3-14-10-12(18)13(19)11(17)2-5-16;1-2-3-5-14-7-9-16-11-12-17-10-8-15-6-4-13/h4,11-14,16-19H,1-3,5-10H2;2-13H2,1H3. The van der Waals surface area contributed by atoms with Crippen molar-refractivity contribution in [2.75, 3.05) is 106 Å². The minimum Gasteiger partial charge on any atom is -0.396 e. The number of aldehydes is 1. The van der Waals surface area contributed by atoms with Crippen LogP contribution >= 0.6 is 0 Å². The Kier molecular flexibility index (Phi) is 35.4. The van der Waals surface area contributed by atoms with E-state index in [0.717, 1.165) is 19.3 Å². The van der Waals surface area contributed by atoms with Gasteiger partial charge in [-0.1, -0.05) is 13.3 Å². The molecule has 0 aromatic heterocycles. The molecule has 0 aliphatic carbocycles. The Morgan fingerprint density at radius 2 is 1.24 bits per heavy atom. The summed E-state index contributed by atoms with van der Waals surface area (Å²) in [7, 11) is 0. The SMILES string of the molecule is CCCCOCCOCCOCCOCCN.O=CCCOCCOCCNCC(O)C(O)C(O)CCO. The third-order valence-corrected chi connectivity index (χ3v) is 4.76. The first-order valence-corrected chi connectivity index (χ1v) is 13.5. The predicted octanol–water partition coefficient (Wildman–Crippen LogP) is -1.53. The molecule has 230 valence electrons. The first kappa shape index (κ1) is 39.3. The van der Waals surface area contributed by atoms with Crippen molar-refractivity contribution in [1.82, 2.24) is 5.32 Å². The summed E-state index contributed by atoms with van der Waals surface area (Å²) in [5.74, 6) is 0. The van der Waals surface area contributed by atoms with Crippen LogP contribution in [0.1, 0.15) is 32.6 Å². The zero-order valence-corrected chi connectivity index (χ0v) is 23.2. The second kappa shape index (κ2) is 34.2.